The lowest BCUT2D eigenvalue weighted by atomic mass is 10.0. The molecule has 0 spiro atoms. The Morgan fingerprint density at radius 2 is 2.41 bits per heavy atom. The summed E-state index contributed by atoms with van der Waals surface area (Å²) < 4.78 is 0. The minimum Gasteiger partial charge on any atom is -0.409 e. The molecule has 0 fully saturated rings. The lowest BCUT2D eigenvalue weighted by molar-refractivity contribution is -0.132. The van der Waals surface area contributed by atoms with E-state index in [1.54, 1.807) is 23.3 Å². The summed E-state index contributed by atoms with van der Waals surface area (Å²) in [5, 5.41) is 15.5. The highest BCUT2D eigenvalue weighted by atomic mass is 32.1. The van der Waals surface area contributed by atoms with Crippen molar-refractivity contribution in [3.8, 4) is 0 Å². The summed E-state index contributed by atoms with van der Waals surface area (Å²) in [6, 6.07) is 1.97. The fourth-order valence-corrected chi connectivity index (χ4v) is 2.24. The molecule has 17 heavy (non-hydrogen) atoms. The highest BCUT2D eigenvalue weighted by Gasteiger charge is 2.24. The van der Waals surface area contributed by atoms with Crippen molar-refractivity contribution in [2.45, 2.75) is 19.9 Å². The van der Waals surface area contributed by atoms with E-state index in [-0.39, 0.29) is 11.7 Å². The molecule has 0 saturated carbocycles. The fraction of sp³-hybridized carbons (Fsp3) is 0.455. The molecule has 1 unspecified atom stereocenters. The normalized spacial score (nSPS) is 13.4. The zero-order valence-corrected chi connectivity index (χ0v) is 10.8. The standard InChI is InChI=1S/C11H17N3O2S/c1-3-9(10(12)13-16)11(15)14(2)6-8-4-5-17-7-8/h4-5,7,9,16H,3,6H2,1-2H3,(H2,12,13). The average Bonchev–Trinajstić information content (AvgIpc) is 2.82. The number of oxime groups is 1. The van der Waals surface area contributed by atoms with Crippen molar-refractivity contribution >= 4 is 23.1 Å². The molecule has 1 rings (SSSR count). The summed E-state index contributed by atoms with van der Waals surface area (Å²) in [6.45, 7) is 2.37. The molecule has 0 saturated heterocycles. The van der Waals surface area contributed by atoms with E-state index < -0.39 is 5.92 Å². The first-order valence-electron chi connectivity index (χ1n) is 5.33. The van der Waals surface area contributed by atoms with Crippen LogP contribution in [0, 0.1) is 5.92 Å². The number of amides is 1. The van der Waals surface area contributed by atoms with E-state index in [2.05, 4.69) is 5.16 Å². The van der Waals surface area contributed by atoms with E-state index in [1.165, 1.54) is 0 Å². The van der Waals surface area contributed by atoms with Crippen LogP contribution in [0.25, 0.3) is 0 Å². The zero-order valence-electron chi connectivity index (χ0n) is 9.96. The Labute approximate surface area is 105 Å². The zero-order chi connectivity index (χ0) is 12.8. The van der Waals surface area contributed by atoms with Gasteiger partial charge in [0.25, 0.3) is 0 Å². The molecule has 94 valence electrons. The van der Waals surface area contributed by atoms with Gasteiger partial charge in [-0.15, -0.1) is 0 Å². The molecule has 1 heterocycles. The van der Waals surface area contributed by atoms with Crippen LogP contribution in [-0.4, -0.2) is 28.9 Å². The van der Waals surface area contributed by atoms with Crippen molar-refractivity contribution < 1.29 is 10.0 Å². The van der Waals surface area contributed by atoms with E-state index in [4.69, 9.17) is 10.9 Å². The van der Waals surface area contributed by atoms with Gasteiger partial charge in [-0.25, -0.2) is 0 Å². The van der Waals surface area contributed by atoms with Crippen molar-refractivity contribution in [3.05, 3.63) is 22.4 Å². The fourth-order valence-electron chi connectivity index (χ4n) is 1.58. The third kappa shape index (κ3) is 3.45. The Morgan fingerprint density at radius 3 is 2.88 bits per heavy atom. The van der Waals surface area contributed by atoms with Gasteiger partial charge in [-0.1, -0.05) is 12.1 Å². The summed E-state index contributed by atoms with van der Waals surface area (Å²) in [6.07, 6.45) is 0.517. The lowest BCUT2D eigenvalue weighted by Gasteiger charge is -2.21. The van der Waals surface area contributed by atoms with E-state index >= 15 is 0 Å². The second-order valence-corrected chi connectivity index (χ2v) is 4.59. The number of rotatable bonds is 5. The molecule has 5 nitrogen and oxygen atoms in total. The topological polar surface area (TPSA) is 78.9 Å². The van der Waals surface area contributed by atoms with Gasteiger partial charge in [0.2, 0.25) is 5.91 Å². The maximum Gasteiger partial charge on any atom is 0.233 e. The molecule has 0 bridgehead atoms. The number of hydrogen-bond acceptors (Lipinski definition) is 4. The van der Waals surface area contributed by atoms with E-state index in [0.717, 1.165) is 5.56 Å². The summed E-state index contributed by atoms with van der Waals surface area (Å²) in [4.78, 5) is 13.6. The average molecular weight is 255 g/mol. The lowest BCUT2D eigenvalue weighted by Crippen LogP contribution is -2.39. The van der Waals surface area contributed by atoms with Crippen LogP contribution in [0.1, 0.15) is 18.9 Å². The minimum atomic E-state index is -0.552. The van der Waals surface area contributed by atoms with Gasteiger partial charge in [0.1, 0.15) is 0 Å². The highest BCUT2D eigenvalue weighted by molar-refractivity contribution is 7.07. The Bertz CT molecular complexity index is 389. The van der Waals surface area contributed by atoms with Crippen molar-refractivity contribution in [3.63, 3.8) is 0 Å². The number of carbonyl (C=O) groups is 1. The van der Waals surface area contributed by atoms with E-state index in [9.17, 15) is 4.79 Å². The smallest absolute Gasteiger partial charge is 0.233 e. The highest BCUT2D eigenvalue weighted by Crippen LogP contribution is 2.12. The number of nitrogens with two attached hydrogens (primary N) is 1. The van der Waals surface area contributed by atoms with Gasteiger partial charge < -0.3 is 15.8 Å². The number of carbonyl (C=O) groups excluding carboxylic acids is 1. The molecular weight excluding hydrogens is 238 g/mol. The molecule has 1 aromatic heterocycles. The Balaban J connectivity index is 2.68. The molecule has 3 N–H and O–H groups in total. The molecule has 6 heteroatoms. The van der Waals surface area contributed by atoms with Crippen LogP contribution in [0.4, 0.5) is 0 Å². The van der Waals surface area contributed by atoms with Crippen LogP contribution >= 0.6 is 11.3 Å². The van der Waals surface area contributed by atoms with Crippen LogP contribution in [0.5, 0.6) is 0 Å². The SMILES string of the molecule is CCC(C(=O)N(C)Cc1ccsc1)C(N)=NO. The third-order valence-corrected chi connectivity index (χ3v) is 3.29. The van der Waals surface area contributed by atoms with Crippen LogP contribution < -0.4 is 5.73 Å². The molecule has 0 aliphatic carbocycles. The molecule has 0 aliphatic rings. The number of amidine groups is 1. The maximum absolute atomic E-state index is 12.1. The first kappa shape index (κ1) is 13.5. The van der Waals surface area contributed by atoms with E-state index in [1.807, 2.05) is 23.8 Å². The van der Waals surface area contributed by atoms with E-state index in [0.29, 0.717) is 13.0 Å². The van der Waals surface area contributed by atoms with Gasteiger partial charge in [0.05, 0.1) is 5.92 Å². The summed E-state index contributed by atoms with van der Waals surface area (Å²) in [5.74, 6) is -0.715. The van der Waals surface area contributed by atoms with Gasteiger partial charge >= 0.3 is 0 Å². The molecule has 1 atom stereocenters. The molecule has 1 aromatic rings. The molecule has 0 radical (unpaired) electrons. The quantitative estimate of drug-likeness (QED) is 0.362. The number of thiophene rings is 1. The molecule has 1 amide bonds. The molecule has 0 aromatic carbocycles. The Hall–Kier alpha value is -1.56. The Morgan fingerprint density at radius 1 is 1.71 bits per heavy atom. The van der Waals surface area contributed by atoms with Crippen molar-refractivity contribution in [1.29, 1.82) is 0 Å². The monoisotopic (exact) mass is 255 g/mol. The van der Waals surface area contributed by atoms with Gasteiger partial charge in [-0.05, 0) is 28.8 Å². The van der Waals surface area contributed by atoms with Gasteiger partial charge in [0.15, 0.2) is 5.84 Å². The summed E-state index contributed by atoms with van der Waals surface area (Å²) >= 11 is 1.59. The predicted octanol–water partition coefficient (Wildman–Crippen LogP) is 1.48. The second kappa shape index (κ2) is 6.24. The van der Waals surface area contributed by atoms with Gasteiger partial charge in [-0.2, -0.15) is 11.3 Å². The summed E-state index contributed by atoms with van der Waals surface area (Å²) in [7, 11) is 1.72. The van der Waals surface area contributed by atoms with Crippen LogP contribution in [-0.2, 0) is 11.3 Å². The van der Waals surface area contributed by atoms with Crippen LogP contribution in [0.3, 0.4) is 0 Å². The number of hydrogen-bond donors (Lipinski definition) is 2. The summed E-state index contributed by atoms with van der Waals surface area (Å²) in [5.41, 5.74) is 6.58. The van der Waals surface area contributed by atoms with Crippen molar-refractivity contribution in [2.24, 2.45) is 16.8 Å². The maximum atomic E-state index is 12.1. The van der Waals surface area contributed by atoms with Crippen molar-refractivity contribution in [1.82, 2.24) is 4.90 Å². The first-order valence-corrected chi connectivity index (χ1v) is 6.27. The number of nitrogens with zero attached hydrogens (tertiary/aromatic N) is 2. The van der Waals surface area contributed by atoms with Gasteiger partial charge in [0, 0.05) is 13.6 Å². The van der Waals surface area contributed by atoms with Gasteiger partial charge in [-0.3, -0.25) is 4.79 Å². The van der Waals surface area contributed by atoms with Crippen LogP contribution in [0.15, 0.2) is 22.0 Å². The second-order valence-electron chi connectivity index (χ2n) is 3.81. The van der Waals surface area contributed by atoms with Crippen LogP contribution in [0.2, 0.25) is 0 Å². The molecule has 0 aliphatic heterocycles. The Kier molecular flexibility index (Phi) is 4.96. The first-order chi connectivity index (χ1) is 8.10. The molecular formula is C11H17N3O2S. The minimum absolute atomic E-state index is 0.0327. The largest absolute Gasteiger partial charge is 0.409 e. The van der Waals surface area contributed by atoms with Crippen molar-refractivity contribution in [2.75, 3.05) is 7.05 Å². The predicted molar refractivity (Wildman–Crippen MR) is 68.0 cm³/mol. The third-order valence-electron chi connectivity index (χ3n) is 2.55.